The van der Waals surface area contributed by atoms with Crippen LogP contribution in [0.15, 0.2) is 0 Å². The molecule has 1 fully saturated rings. The lowest BCUT2D eigenvalue weighted by Gasteiger charge is -2.35. The molecule has 4 heteroatoms. The van der Waals surface area contributed by atoms with E-state index in [1.165, 1.54) is 0 Å². The van der Waals surface area contributed by atoms with Gasteiger partial charge in [0.25, 0.3) is 0 Å². The van der Waals surface area contributed by atoms with Gasteiger partial charge in [-0.1, -0.05) is 0 Å². The first kappa shape index (κ1) is 10.7. The highest BCUT2D eigenvalue weighted by Gasteiger charge is 2.15. The molecule has 1 aliphatic heterocycles. The Balaban J connectivity index is 2.44. The third-order valence-corrected chi connectivity index (χ3v) is 2.94. The van der Waals surface area contributed by atoms with Gasteiger partial charge in [-0.3, -0.25) is 0 Å². The molecule has 1 N–H and O–H groups in total. The summed E-state index contributed by atoms with van der Waals surface area (Å²) in [4.78, 5) is 4.53. The third-order valence-electron chi connectivity index (χ3n) is 2.42. The van der Waals surface area contributed by atoms with E-state index in [4.69, 9.17) is 12.2 Å². The Kier molecular flexibility index (Phi) is 4.45. The van der Waals surface area contributed by atoms with E-state index in [2.05, 4.69) is 29.0 Å². The first-order valence-electron chi connectivity index (χ1n) is 5.04. The van der Waals surface area contributed by atoms with Crippen LogP contribution < -0.4 is 5.32 Å². The Labute approximate surface area is 86.1 Å². The fraction of sp³-hybridized carbons (Fsp3) is 0.889. The molecule has 76 valence electrons. The topological polar surface area (TPSA) is 18.5 Å². The van der Waals surface area contributed by atoms with E-state index in [0.717, 1.165) is 44.4 Å². The maximum Gasteiger partial charge on any atom is 0.171 e. The molecule has 0 saturated carbocycles. The Morgan fingerprint density at radius 3 is 2.31 bits per heavy atom. The van der Waals surface area contributed by atoms with Crippen LogP contribution in [-0.4, -0.2) is 54.2 Å². The summed E-state index contributed by atoms with van der Waals surface area (Å²) in [5, 5.41) is 4.34. The van der Waals surface area contributed by atoms with Crippen LogP contribution in [0.3, 0.4) is 0 Å². The molecule has 13 heavy (non-hydrogen) atoms. The molecule has 0 aliphatic carbocycles. The predicted octanol–water partition coefficient (Wildman–Crippen LogP) is 0.518. The first-order valence-corrected chi connectivity index (χ1v) is 5.45. The fourth-order valence-corrected chi connectivity index (χ4v) is 1.99. The van der Waals surface area contributed by atoms with Crippen LogP contribution in [0.2, 0.25) is 0 Å². The van der Waals surface area contributed by atoms with Crippen molar-refractivity contribution in [2.24, 2.45) is 0 Å². The molecular weight excluding hydrogens is 182 g/mol. The van der Waals surface area contributed by atoms with Gasteiger partial charge >= 0.3 is 0 Å². The Bertz CT molecular complexity index is 162. The van der Waals surface area contributed by atoms with Gasteiger partial charge in [0.05, 0.1) is 0 Å². The number of thiocarbonyl (C=S) groups is 1. The lowest BCUT2D eigenvalue weighted by Crippen LogP contribution is -2.51. The van der Waals surface area contributed by atoms with E-state index in [1.54, 1.807) is 0 Å². The number of hydrogen-bond acceptors (Lipinski definition) is 2. The predicted molar refractivity (Wildman–Crippen MR) is 60.0 cm³/mol. The lowest BCUT2D eigenvalue weighted by atomic mass is 10.4. The average molecular weight is 201 g/mol. The van der Waals surface area contributed by atoms with Crippen molar-refractivity contribution < 1.29 is 0 Å². The minimum atomic E-state index is 1.01. The van der Waals surface area contributed by atoms with Gasteiger partial charge in [-0.2, -0.15) is 0 Å². The van der Waals surface area contributed by atoms with Gasteiger partial charge in [-0.15, -0.1) is 0 Å². The van der Waals surface area contributed by atoms with Crippen molar-refractivity contribution in [3.8, 4) is 0 Å². The number of piperazine rings is 1. The van der Waals surface area contributed by atoms with Crippen molar-refractivity contribution in [2.45, 2.75) is 13.8 Å². The monoisotopic (exact) mass is 201 g/mol. The molecule has 0 radical (unpaired) electrons. The van der Waals surface area contributed by atoms with Crippen LogP contribution in [0.1, 0.15) is 13.8 Å². The molecule has 0 bridgehead atoms. The second kappa shape index (κ2) is 5.40. The Morgan fingerprint density at radius 1 is 1.31 bits per heavy atom. The second-order valence-electron chi connectivity index (χ2n) is 3.19. The standard InChI is InChI=1S/C9H19N3S/c1-3-11(4-2)9(13)12-7-5-10-6-8-12/h10H,3-8H2,1-2H3. The van der Waals surface area contributed by atoms with Crippen LogP contribution in [0, 0.1) is 0 Å². The summed E-state index contributed by atoms with van der Waals surface area (Å²) >= 11 is 5.42. The molecule has 1 heterocycles. The third kappa shape index (κ3) is 2.81. The fourth-order valence-electron chi connectivity index (χ4n) is 1.55. The molecule has 0 unspecified atom stereocenters. The normalized spacial score (nSPS) is 17.2. The van der Waals surface area contributed by atoms with E-state index in [1.807, 2.05) is 0 Å². The highest BCUT2D eigenvalue weighted by Crippen LogP contribution is 2.00. The highest BCUT2D eigenvalue weighted by molar-refractivity contribution is 7.80. The van der Waals surface area contributed by atoms with E-state index >= 15 is 0 Å². The first-order chi connectivity index (χ1) is 6.29. The van der Waals surface area contributed by atoms with Gasteiger partial charge in [-0.05, 0) is 26.1 Å². The molecule has 0 amide bonds. The molecule has 1 aliphatic rings. The SMILES string of the molecule is CCN(CC)C(=S)N1CCNCC1. The Hall–Kier alpha value is -0.350. The quantitative estimate of drug-likeness (QED) is 0.656. The molecule has 1 rings (SSSR count). The van der Waals surface area contributed by atoms with E-state index in [9.17, 15) is 0 Å². The van der Waals surface area contributed by atoms with Gasteiger partial charge in [0.1, 0.15) is 0 Å². The lowest BCUT2D eigenvalue weighted by molar-refractivity contribution is 0.309. The summed E-state index contributed by atoms with van der Waals surface area (Å²) in [6, 6.07) is 0. The number of hydrogen-bond donors (Lipinski definition) is 1. The van der Waals surface area contributed by atoms with Crippen molar-refractivity contribution in [1.29, 1.82) is 0 Å². The summed E-state index contributed by atoms with van der Waals surface area (Å²) in [5.74, 6) is 0. The molecule has 0 spiro atoms. The molecule has 0 atom stereocenters. The highest BCUT2D eigenvalue weighted by atomic mass is 32.1. The van der Waals surface area contributed by atoms with Crippen LogP contribution >= 0.6 is 12.2 Å². The number of nitrogens with zero attached hydrogens (tertiary/aromatic N) is 2. The molecule has 0 aromatic heterocycles. The van der Waals surface area contributed by atoms with Crippen LogP contribution in [0.25, 0.3) is 0 Å². The average Bonchev–Trinajstić information content (AvgIpc) is 2.21. The van der Waals surface area contributed by atoms with Crippen molar-refractivity contribution in [3.63, 3.8) is 0 Å². The van der Waals surface area contributed by atoms with Crippen LogP contribution in [-0.2, 0) is 0 Å². The zero-order chi connectivity index (χ0) is 9.68. The minimum absolute atomic E-state index is 1.01. The molecule has 0 aromatic rings. The molecule has 1 saturated heterocycles. The van der Waals surface area contributed by atoms with Gasteiger partial charge in [0.15, 0.2) is 5.11 Å². The minimum Gasteiger partial charge on any atom is -0.350 e. The second-order valence-corrected chi connectivity index (χ2v) is 3.56. The zero-order valence-electron chi connectivity index (χ0n) is 8.55. The van der Waals surface area contributed by atoms with Gasteiger partial charge in [-0.25, -0.2) is 0 Å². The maximum atomic E-state index is 5.42. The van der Waals surface area contributed by atoms with Crippen molar-refractivity contribution >= 4 is 17.3 Å². The molecule has 0 aromatic carbocycles. The summed E-state index contributed by atoms with van der Waals surface area (Å²) in [6.45, 7) is 10.5. The summed E-state index contributed by atoms with van der Waals surface area (Å²) in [6.07, 6.45) is 0. The molecular formula is C9H19N3S. The largest absolute Gasteiger partial charge is 0.350 e. The number of nitrogens with one attached hydrogen (secondary N) is 1. The zero-order valence-corrected chi connectivity index (χ0v) is 9.36. The van der Waals surface area contributed by atoms with Gasteiger partial charge in [0, 0.05) is 39.3 Å². The Morgan fingerprint density at radius 2 is 1.85 bits per heavy atom. The summed E-state index contributed by atoms with van der Waals surface area (Å²) in [5.41, 5.74) is 0. The van der Waals surface area contributed by atoms with Crippen LogP contribution in [0.4, 0.5) is 0 Å². The van der Waals surface area contributed by atoms with Gasteiger partial charge < -0.3 is 15.1 Å². The summed E-state index contributed by atoms with van der Waals surface area (Å²) < 4.78 is 0. The summed E-state index contributed by atoms with van der Waals surface area (Å²) in [7, 11) is 0. The smallest absolute Gasteiger partial charge is 0.171 e. The van der Waals surface area contributed by atoms with E-state index < -0.39 is 0 Å². The maximum absolute atomic E-state index is 5.42. The van der Waals surface area contributed by atoms with E-state index in [-0.39, 0.29) is 0 Å². The van der Waals surface area contributed by atoms with Crippen molar-refractivity contribution in [1.82, 2.24) is 15.1 Å². The number of rotatable bonds is 2. The van der Waals surface area contributed by atoms with Crippen LogP contribution in [0.5, 0.6) is 0 Å². The van der Waals surface area contributed by atoms with Crippen molar-refractivity contribution in [3.05, 3.63) is 0 Å². The van der Waals surface area contributed by atoms with Gasteiger partial charge in [0.2, 0.25) is 0 Å². The van der Waals surface area contributed by atoms with Crippen molar-refractivity contribution in [2.75, 3.05) is 39.3 Å². The molecule has 3 nitrogen and oxygen atoms in total. The van der Waals surface area contributed by atoms with E-state index in [0.29, 0.717) is 0 Å².